The minimum Gasteiger partial charge on any atom is -0.399 e. The molecule has 2 saturated heterocycles. The van der Waals surface area contributed by atoms with Crippen molar-refractivity contribution in [2.45, 2.75) is 45.1 Å². The van der Waals surface area contributed by atoms with Crippen LogP contribution in [0.25, 0.3) is 0 Å². The van der Waals surface area contributed by atoms with Crippen LogP contribution in [0.2, 0.25) is 0 Å². The molecule has 208 valence electrons. The van der Waals surface area contributed by atoms with Gasteiger partial charge in [0.05, 0.1) is 0 Å². The first-order chi connectivity index (χ1) is 18.1. The Kier molecular flexibility index (Phi) is 8.96. The van der Waals surface area contributed by atoms with E-state index in [0.29, 0.717) is 19.0 Å². The molecule has 2 aromatic carbocycles. The Morgan fingerprint density at radius 2 is 1.68 bits per heavy atom. The molecule has 0 spiro atoms. The molecule has 11 heteroatoms. The number of likely N-dealkylation sites (tertiary alicyclic amines) is 1. The zero-order chi connectivity index (χ0) is 27.3. The summed E-state index contributed by atoms with van der Waals surface area (Å²) in [5, 5.41) is 2.99. The normalized spacial score (nSPS) is 19.5. The Bertz CT molecular complexity index is 1050. The molecule has 2 fully saturated rings. The van der Waals surface area contributed by atoms with Crippen LogP contribution in [0.1, 0.15) is 31.7 Å². The fraction of sp³-hybridized carbons (Fsp3) is 0.519. The zero-order valence-electron chi connectivity index (χ0n) is 21.3. The number of nitrogens with zero attached hydrogens (tertiary/aromatic N) is 3. The summed E-state index contributed by atoms with van der Waals surface area (Å²) in [5.74, 6) is -3.79. The van der Waals surface area contributed by atoms with E-state index in [9.17, 15) is 26.7 Å². The minimum absolute atomic E-state index is 0.0973. The number of piperazine rings is 1. The van der Waals surface area contributed by atoms with Crippen molar-refractivity contribution in [3.63, 3.8) is 0 Å². The van der Waals surface area contributed by atoms with Gasteiger partial charge in [-0.2, -0.15) is 0 Å². The monoisotopic (exact) mass is 540 g/mol. The molecule has 38 heavy (non-hydrogen) atoms. The molecule has 0 aliphatic carbocycles. The molecule has 4 rings (SSSR count). The number of carbonyl (C=O) groups is 1. The lowest BCUT2D eigenvalue weighted by molar-refractivity contribution is -0.276. The number of nitrogens with one attached hydrogen (secondary N) is 1. The van der Waals surface area contributed by atoms with E-state index in [4.69, 9.17) is 0 Å². The summed E-state index contributed by atoms with van der Waals surface area (Å²) in [6.07, 6.45) is -2.10. The highest BCUT2D eigenvalue weighted by atomic mass is 19.4. The summed E-state index contributed by atoms with van der Waals surface area (Å²) in [6.45, 7) is 6.32. The van der Waals surface area contributed by atoms with Gasteiger partial charge in [-0.15, -0.1) is 13.2 Å². The number of benzene rings is 2. The summed E-state index contributed by atoms with van der Waals surface area (Å²) < 4.78 is 68.9. The quantitative estimate of drug-likeness (QED) is 0.479. The van der Waals surface area contributed by atoms with Crippen molar-refractivity contribution in [3.8, 4) is 5.75 Å². The average molecular weight is 541 g/mol. The van der Waals surface area contributed by atoms with Crippen LogP contribution in [0.3, 0.4) is 0 Å². The van der Waals surface area contributed by atoms with E-state index in [-0.39, 0.29) is 30.8 Å². The van der Waals surface area contributed by atoms with E-state index in [2.05, 4.69) is 39.2 Å². The number of ether oxygens (including phenoxy) is 1. The summed E-state index contributed by atoms with van der Waals surface area (Å²) in [6, 6.07) is 11.6. The van der Waals surface area contributed by atoms with Gasteiger partial charge in [-0.3, -0.25) is 4.90 Å². The van der Waals surface area contributed by atoms with E-state index in [1.54, 1.807) is 9.80 Å². The van der Waals surface area contributed by atoms with Crippen LogP contribution in [-0.2, 0) is 6.54 Å². The SMILES string of the molecule is C[C@@H]1CN(c2cc(F)c(OC(F)(F)F)c(F)c2)CCN1C(=O)NCCC1CCN(Cc2ccccc2)CC1. The van der Waals surface area contributed by atoms with Crippen LogP contribution in [0, 0.1) is 17.6 Å². The van der Waals surface area contributed by atoms with E-state index < -0.39 is 23.7 Å². The number of amides is 2. The molecule has 1 atom stereocenters. The molecule has 2 aliphatic heterocycles. The molecule has 0 bridgehead atoms. The van der Waals surface area contributed by atoms with Crippen molar-refractivity contribution in [1.82, 2.24) is 15.1 Å². The van der Waals surface area contributed by atoms with Gasteiger partial charge in [0.2, 0.25) is 5.75 Å². The summed E-state index contributed by atoms with van der Waals surface area (Å²) in [4.78, 5) is 18.6. The van der Waals surface area contributed by atoms with Gasteiger partial charge in [0, 0.05) is 56.6 Å². The van der Waals surface area contributed by atoms with Gasteiger partial charge in [-0.1, -0.05) is 30.3 Å². The predicted octanol–water partition coefficient (Wildman–Crippen LogP) is 5.39. The number of hydrogen-bond donors (Lipinski definition) is 1. The Labute approximate surface area is 219 Å². The van der Waals surface area contributed by atoms with Gasteiger partial charge in [-0.25, -0.2) is 13.6 Å². The third kappa shape index (κ3) is 7.49. The maximum atomic E-state index is 14.1. The number of alkyl halides is 3. The van der Waals surface area contributed by atoms with Gasteiger partial charge >= 0.3 is 12.4 Å². The largest absolute Gasteiger partial charge is 0.573 e. The maximum absolute atomic E-state index is 14.1. The molecule has 0 aromatic heterocycles. The van der Waals surface area contributed by atoms with E-state index in [1.807, 2.05) is 13.0 Å². The lowest BCUT2D eigenvalue weighted by Gasteiger charge is -2.41. The standard InChI is InChI=1S/C27H33F5N4O2/c1-19-17-35(22-15-23(28)25(24(29)16-22)38-27(30,31)32)13-14-36(19)26(37)33-10-7-20-8-11-34(12-9-20)18-21-5-3-2-4-6-21/h2-6,15-16,19-20H,7-14,17-18H2,1H3,(H,33,37)/t19-/m1/s1. The van der Waals surface area contributed by atoms with Crippen molar-refractivity contribution in [2.24, 2.45) is 5.92 Å². The third-order valence-corrected chi connectivity index (χ3v) is 7.24. The Morgan fingerprint density at radius 3 is 2.29 bits per heavy atom. The molecule has 1 N–H and O–H groups in total. The van der Waals surface area contributed by atoms with Gasteiger partial charge in [0.15, 0.2) is 11.6 Å². The molecule has 2 aromatic rings. The van der Waals surface area contributed by atoms with Crippen LogP contribution in [0.4, 0.5) is 32.4 Å². The molecule has 2 heterocycles. The Balaban J connectivity index is 1.20. The smallest absolute Gasteiger partial charge is 0.399 e. The van der Waals surface area contributed by atoms with Gasteiger partial charge in [-0.05, 0) is 50.8 Å². The maximum Gasteiger partial charge on any atom is 0.573 e. The van der Waals surface area contributed by atoms with Gasteiger partial charge < -0.3 is 19.9 Å². The summed E-state index contributed by atoms with van der Waals surface area (Å²) >= 11 is 0. The fourth-order valence-corrected chi connectivity index (χ4v) is 5.20. The van der Waals surface area contributed by atoms with Crippen molar-refractivity contribution >= 4 is 11.7 Å². The number of urea groups is 1. The average Bonchev–Trinajstić information content (AvgIpc) is 2.87. The molecule has 0 unspecified atom stereocenters. The van der Waals surface area contributed by atoms with Crippen molar-refractivity contribution in [2.75, 3.05) is 44.2 Å². The van der Waals surface area contributed by atoms with Crippen molar-refractivity contribution in [1.29, 1.82) is 0 Å². The second kappa shape index (κ2) is 12.2. The highest BCUT2D eigenvalue weighted by Gasteiger charge is 2.35. The minimum atomic E-state index is -5.20. The van der Waals surface area contributed by atoms with E-state index >= 15 is 0 Å². The second-order valence-electron chi connectivity index (χ2n) is 10.0. The number of halogens is 5. The van der Waals surface area contributed by atoms with Gasteiger partial charge in [0.1, 0.15) is 0 Å². The number of anilines is 1. The zero-order valence-corrected chi connectivity index (χ0v) is 21.3. The van der Waals surface area contributed by atoms with E-state index in [0.717, 1.165) is 51.0 Å². The van der Waals surface area contributed by atoms with Crippen LogP contribution in [-0.4, -0.2) is 67.5 Å². The molecule has 0 saturated carbocycles. The topological polar surface area (TPSA) is 48.1 Å². The van der Waals surface area contributed by atoms with Crippen LogP contribution in [0.15, 0.2) is 42.5 Å². The predicted molar refractivity (Wildman–Crippen MR) is 134 cm³/mol. The first-order valence-electron chi connectivity index (χ1n) is 12.9. The second-order valence-corrected chi connectivity index (χ2v) is 10.0. The Morgan fingerprint density at radius 1 is 1.03 bits per heavy atom. The number of hydrogen-bond acceptors (Lipinski definition) is 4. The molecule has 2 amide bonds. The molecular weight excluding hydrogens is 507 g/mol. The fourth-order valence-electron chi connectivity index (χ4n) is 5.20. The van der Waals surface area contributed by atoms with Gasteiger partial charge in [0.25, 0.3) is 0 Å². The first-order valence-corrected chi connectivity index (χ1v) is 12.9. The molecule has 2 aliphatic rings. The van der Waals surface area contributed by atoms with Crippen LogP contribution < -0.4 is 15.0 Å². The first kappa shape index (κ1) is 27.9. The molecule has 6 nitrogen and oxygen atoms in total. The van der Waals surface area contributed by atoms with E-state index in [1.165, 1.54) is 5.56 Å². The lowest BCUT2D eigenvalue weighted by Crippen LogP contribution is -2.56. The number of rotatable bonds is 7. The van der Waals surface area contributed by atoms with Crippen molar-refractivity contribution < 1.29 is 31.5 Å². The number of carbonyl (C=O) groups excluding carboxylic acids is 1. The third-order valence-electron chi connectivity index (χ3n) is 7.24. The summed E-state index contributed by atoms with van der Waals surface area (Å²) in [5.41, 5.74) is 1.41. The summed E-state index contributed by atoms with van der Waals surface area (Å²) in [7, 11) is 0. The molecule has 0 radical (unpaired) electrons. The van der Waals surface area contributed by atoms with Crippen molar-refractivity contribution in [3.05, 3.63) is 59.7 Å². The Hall–Kier alpha value is -3.08. The van der Waals surface area contributed by atoms with Crippen LogP contribution in [0.5, 0.6) is 5.75 Å². The molecular formula is C27H33F5N4O2. The van der Waals surface area contributed by atoms with Crippen LogP contribution >= 0.6 is 0 Å². The number of piperidine rings is 1. The highest BCUT2D eigenvalue weighted by Crippen LogP contribution is 2.32. The lowest BCUT2D eigenvalue weighted by atomic mass is 9.93. The highest BCUT2D eigenvalue weighted by molar-refractivity contribution is 5.75.